The minimum absolute atomic E-state index is 0.0542. The summed E-state index contributed by atoms with van der Waals surface area (Å²) >= 11 is 12.2. The Morgan fingerprint density at radius 3 is 2.40 bits per heavy atom. The molecule has 20 heavy (non-hydrogen) atoms. The Labute approximate surface area is 127 Å². The van der Waals surface area contributed by atoms with Crippen LogP contribution in [-0.2, 0) is 4.79 Å². The van der Waals surface area contributed by atoms with Gasteiger partial charge in [0.25, 0.3) is 0 Å². The zero-order valence-corrected chi connectivity index (χ0v) is 12.5. The fourth-order valence-corrected chi connectivity index (χ4v) is 2.44. The van der Waals surface area contributed by atoms with Crippen molar-refractivity contribution in [2.24, 2.45) is 0 Å². The van der Waals surface area contributed by atoms with Gasteiger partial charge in [0.05, 0.1) is 6.42 Å². The summed E-state index contributed by atoms with van der Waals surface area (Å²) in [5, 5.41) is 14.7. The van der Waals surface area contributed by atoms with Crippen molar-refractivity contribution < 1.29 is 14.7 Å². The number of carboxylic acid groups (broad SMARTS) is 1. The molecule has 2 amide bonds. The van der Waals surface area contributed by atoms with E-state index < -0.39 is 12.0 Å². The minimum atomic E-state index is -0.957. The van der Waals surface area contributed by atoms with E-state index in [1.807, 2.05) is 6.92 Å². The third-order valence-corrected chi connectivity index (χ3v) is 3.34. The van der Waals surface area contributed by atoms with Crippen molar-refractivity contribution in [3.05, 3.63) is 33.8 Å². The molecule has 0 aromatic heterocycles. The Morgan fingerprint density at radius 1 is 1.25 bits per heavy atom. The maximum atomic E-state index is 11.4. The summed E-state index contributed by atoms with van der Waals surface area (Å²) in [4.78, 5) is 21.8. The number of rotatable bonds is 6. The molecule has 0 spiro atoms. The molecule has 0 heterocycles. The molecular weight excluding hydrogens is 303 g/mol. The molecular formula is C13H16Cl2N2O3. The summed E-state index contributed by atoms with van der Waals surface area (Å²) in [6.07, 6.45) is -0.112. The largest absolute Gasteiger partial charge is 0.481 e. The van der Waals surface area contributed by atoms with E-state index >= 15 is 0 Å². The van der Waals surface area contributed by atoms with Crippen molar-refractivity contribution in [2.75, 3.05) is 13.1 Å². The van der Waals surface area contributed by atoms with Crippen molar-refractivity contribution in [3.8, 4) is 0 Å². The molecule has 0 fully saturated rings. The predicted molar refractivity (Wildman–Crippen MR) is 78.5 cm³/mol. The van der Waals surface area contributed by atoms with Crippen LogP contribution in [0.25, 0.3) is 0 Å². The third-order valence-electron chi connectivity index (χ3n) is 2.69. The fourth-order valence-electron chi connectivity index (χ4n) is 1.67. The van der Waals surface area contributed by atoms with E-state index in [9.17, 15) is 9.59 Å². The van der Waals surface area contributed by atoms with Crippen molar-refractivity contribution in [2.45, 2.75) is 19.3 Å². The first-order valence-corrected chi connectivity index (χ1v) is 6.84. The molecule has 1 unspecified atom stereocenters. The lowest BCUT2D eigenvalue weighted by Crippen LogP contribution is -2.38. The SMILES string of the molecule is CC(CNC(=O)NCCC(=O)O)c1c(Cl)cccc1Cl. The smallest absolute Gasteiger partial charge is 0.314 e. The van der Waals surface area contributed by atoms with Crippen LogP contribution in [0, 0.1) is 0 Å². The van der Waals surface area contributed by atoms with Gasteiger partial charge in [0.1, 0.15) is 0 Å². The number of benzene rings is 1. The Balaban J connectivity index is 2.45. The molecule has 5 nitrogen and oxygen atoms in total. The summed E-state index contributed by atoms with van der Waals surface area (Å²) in [6.45, 7) is 2.33. The number of aliphatic carboxylic acids is 1. The number of hydrogen-bond donors (Lipinski definition) is 3. The number of carboxylic acids is 1. The highest BCUT2D eigenvalue weighted by Crippen LogP contribution is 2.30. The molecule has 1 rings (SSSR count). The van der Waals surface area contributed by atoms with Crippen molar-refractivity contribution >= 4 is 35.2 Å². The Kier molecular flexibility index (Phi) is 6.61. The maximum absolute atomic E-state index is 11.4. The van der Waals surface area contributed by atoms with Gasteiger partial charge in [-0.05, 0) is 17.7 Å². The van der Waals surface area contributed by atoms with E-state index in [0.29, 0.717) is 16.6 Å². The summed E-state index contributed by atoms with van der Waals surface area (Å²) in [5.74, 6) is -1.01. The average Bonchev–Trinajstić information content (AvgIpc) is 2.35. The summed E-state index contributed by atoms with van der Waals surface area (Å²) in [6, 6.07) is 4.83. The van der Waals surface area contributed by atoms with E-state index in [2.05, 4.69) is 10.6 Å². The van der Waals surface area contributed by atoms with Crippen LogP contribution in [0.4, 0.5) is 4.79 Å². The first-order valence-electron chi connectivity index (χ1n) is 6.09. The zero-order chi connectivity index (χ0) is 15.1. The van der Waals surface area contributed by atoms with E-state index in [0.717, 1.165) is 5.56 Å². The molecule has 3 N–H and O–H groups in total. The lowest BCUT2D eigenvalue weighted by atomic mass is 10.0. The van der Waals surface area contributed by atoms with Gasteiger partial charge in [-0.2, -0.15) is 0 Å². The van der Waals surface area contributed by atoms with Crippen LogP contribution in [0.3, 0.4) is 0 Å². The number of carbonyl (C=O) groups excluding carboxylic acids is 1. The lowest BCUT2D eigenvalue weighted by Gasteiger charge is -2.16. The Bertz CT molecular complexity index is 474. The van der Waals surface area contributed by atoms with Crippen LogP contribution < -0.4 is 10.6 Å². The van der Waals surface area contributed by atoms with Crippen LogP contribution in [0.1, 0.15) is 24.8 Å². The van der Waals surface area contributed by atoms with Gasteiger partial charge in [-0.25, -0.2) is 4.79 Å². The van der Waals surface area contributed by atoms with Crippen LogP contribution in [0.5, 0.6) is 0 Å². The van der Waals surface area contributed by atoms with E-state index in [-0.39, 0.29) is 18.9 Å². The molecule has 0 saturated carbocycles. The van der Waals surface area contributed by atoms with Crippen molar-refractivity contribution in [1.29, 1.82) is 0 Å². The highest BCUT2D eigenvalue weighted by atomic mass is 35.5. The summed E-state index contributed by atoms with van der Waals surface area (Å²) < 4.78 is 0. The predicted octanol–water partition coefficient (Wildman–Crippen LogP) is 2.87. The molecule has 110 valence electrons. The average molecular weight is 319 g/mol. The van der Waals surface area contributed by atoms with Crippen LogP contribution in [0.2, 0.25) is 10.0 Å². The van der Waals surface area contributed by atoms with Gasteiger partial charge in [-0.1, -0.05) is 36.2 Å². The monoisotopic (exact) mass is 318 g/mol. The molecule has 7 heteroatoms. The number of urea groups is 1. The van der Waals surface area contributed by atoms with Gasteiger partial charge >= 0.3 is 12.0 Å². The Hall–Kier alpha value is -1.46. The van der Waals surface area contributed by atoms with Crippen LogP contribution in [-0.4, -0.2) is 30.2 Å². The Morgan fingerprint density at radius 2 is 1.85 bits per heavy atom. The second-order valence-electron chi connectivity index (χ2n) is 4.32. The number of carbonyl (C=O) groups is 2. The van der Waals surface area contributed by atoms with E-state index in [1.54, 1.807) is 18.2 Å². The lowest BCUT2D eigenvalue weighted by molar-refractivity contribution is -0.136. The number of halogens is 2. The molecule has 0 aliphatic heterocycles. The highest BCUT2D eigenvalue weighted by molar-refractivity contribution is 6.36. The quantitative estimate of drug-likeness (QED) is 0.754. The van der Waals surface area contributed by atoms with Crippen LogP contribution >= 0.6 is 23.2 Å². The topological polar surface area (TPSA) is 78.4 Å². The first-order chi connectivity index (χ1) is 9.41. The zero-order valence-electron chi connectivity index (χ0n) is 11.0. The van der Waals surface area contributed by atoms with Crippen LogP contribution in [0.15, 0.2) is 18.2 Å². The molecule has 0 radical (unpaired) electrons. The molecule has 1 aromatic carbocycles. The summed E-state index contributed by atoms with van der Waals surface area (Å²) in [7, 11) is 0. The molecule has 0 aliphatic rings. The van der Waals surface area contributed by atoms with Gasteiger partial charge in [0.2, 0.25) is 0 Å². The van der Waals surface area contributed by atoms with Gasteiger partial charge in [-0.15, -0.1) is 0 Å². The first kappa shape index (κ1) is 16.6. The third kappa shape index (κ3) is 5.27. The number of amides is 2. The number of hydrogen-bond acceptors (Lipinski definition) is 2. The molecule has 0 bridgehead atoms. The number of nitrogens with one attached hydrogen (secondary N) is 2. The molecule has 1 atom stereocenters. The summed E-state index contributed by atoms with van der Waals surface area (Å²) in [5.41, 5.74) is 0.779. The standard InChI is InChI=1S/C13H16Cl2N2O3/c1-8(12-9(14)3-2-4-10(12)15)7-17-13(20)16-6-5-11(18)19/h2-4,8H,5-7H2,1H3,(H,18,19)(H2,16,17,20). The fraction of sp³-hybridized carbons (Fsp3) is 0.385. The van der Waals surface area contributed by atoms with Gasteiger partial charge < -0.3 is 15.7 Å². The molecule has 1 aromatic rings. The van der Waals surface area contributed by atoms with E-state index in [4.69, 9.17) is 28.3 Å². The van der Waals surface area contributed by atoms with E-state index in [1.165, 1.54) is 0 Å². The molecule has 0 saturated heterocycles. The second-order valence-corrected chi connectivity index (χ2v) is 5.13. The van der Waals surface area contributed by atoms with Crippen molar-refractivity contribution in [1.82, 2.24) is 10.6 Å². The second kappa shape index (κ2) is 7.97. The van der Waals surface area contributed by atoms with Gasteiger partial charge in [0, 0.05) is 29.1 Å². The normalized spacial score (nSPS) is 11.8. The van der Waals surface area contributed by atoms with Gasteiger partial charge in [-0.3, -0.25) is 4.79 Å². The van der Waals surface area contributed by atoms with Gasteiger partial charge in [0.15, 0.2) is 0 Å². The van der Waals surface area contributed by atoms with Crippen molar-refractivity contribution in [3.63, 3.8) is 0 Å². The highest BCUT2D eigenvalue weighted by Gasteiger charge is 2.14. The maximum Gasteiger partial charge on any atom is 0.314 e. The molecule has 0 aliphatic carbocycles. The minimum Gasteiger partial charge on any atom is -0.481 e.